The van der Waals surface area contributed by atoms with Crippen LogP contribution in [-0.2, 0) is 13.0 Å². The van der Waals surface area contributed by atoms with Gasteiger partial charge >= 0.3 is 0 Å². The molecule has 1 aromatic heterocycles. The number of thiazole rings is 1. The maximum Gasteiger partial charge on any atom is 0.124 e. The minimum Gasteiger partial charge on any atom is -0.494 e. The molecule has 0 atom stereocenters. The number of hydrogen-bond acceptors (Lipinski definition) is 4. The summed E-state index contributed by atoms with van der Waals surface area (Å²) in [6.07, 6.45) is 0.969. The largest absolute Gasteiger partial charge is 0.494 e. The van der Waals surface area contributed by atoms with Crippen LogP contribution in [0.2, 0.25) is 0 Å². The number of nitrogens with zero attached hydrogens (tertiary/aromatic N) is 1. The van der Waals surface area contributed by atoms with Crippen LogP contribution in [0.4, 0.5) is 0 Å². The first-order valence-corrected chi connectivity index (χ1v) is 8.40. The van der Waals surface area contributed by atoms with E-state index in [1.165, 1.54) is 10.6 Å². The van der Waals surface area contributed by atoms with Crippen LogP contribution in [0.3, 0.4) is 0 Å². The Morgan fingerprint density at radius 1 is 1.29 bits per heavy atom. The number of hydrogen-bond donors (Lipinski definition) is 1. The van der Waals surface area contributed by atoms with Crippen molar-refractivity contribution in [3.8, 4) is 16.3 Å². The highest BCUT2D eigenvalue weighted by molar-refractivity contribution is 7.15. The molecule has 4 heteroatoms. The zero-order chi connectivity index (χ0) is 15.2. The summed E-state index contributed by atoms with van der Waals surface area (Å²) in [5.74, 6) is 0.908. The molecule has 0 saturated heterocycles. The van der Waals surface area contributed by atoms with Gasteiger partial charge < -0.3 is 10.1 Å². The van der Waals surface area contributed by atoms with E-state index in [0.29, 0.717) is 12.6 Å². The zero-order valence-electron chi connectivity index (χ0n) is 13.3. The van der Waals surface area contributed by atoms with Gasteiger partial charge in [0.1, 0.15) is 10.8 Å². The van der Waals surface area contributed by atoms with Crippen molar-refractivity contribution in [3.63, 3.8) is 0 Å². The van der Waals surface area contributed by atoms with Gasteiger partial charge in [0.25, 0.3) is 0 Å². The fourth-order valence-corrected chi connectivity index (χ4v) is 3.20. The van der Waals surface area contributed by atoms with E-state index in [4.69, 9.17) is 9.72 Å². The van der Waals surface area contributed by atoms with E-state index in [9.17, 15) is 0 Å². The van der Waals surface area contributed by atoms with Crippen molar-refractivity contribution < 1.29 is 4.74 Å². The third-order valence-electron chi connectivity index (χ3n) is 3.18. The van der Waals surface area contributed by atoms with Gasteiger partial charge in [0.2, 0.25) is 0 Å². The van der Waals surface area contributed by atoms with Crippen molar-refractivity contribution in [2.75, 3.05) is 6.61 Å². The zero-order valence-corrected chi connectivity index (χ0v) is 14.1. The fraction of sp³-hybridized carbons (Fsp3) is 0.471. The predicted octanol–water partition coefficient (Wildman–Crippen LogP) is 4.27. The monoisotopic (exact) mass is 304 g/mol. The lowest BCUT2D eigenvalue weighted by molar-refractivity contribution is 0.340. The summed E-state index contributed by atoms with van der Waals surface area (Å²) in [7, 11) is 0. The van der Waals surface area contributed by atoms with Crippen LogP contribution in [0, 0.1) is 0 Å². The Bertz CT molecular complexity index is 578. The molecule has 21 heavy (non-hydrogen) atoms. The molecule has 1 N–H and O–H groups in total. The molecule has 0 spiro atoms. The average Bonchev–Trinajstić information content (AvgIpc) is 2.89. The second-order valence-electron chi connectivity index (χ2n) is 5.24. The number of benzene rings is 1. The molecular formula is C17H24N2OS. The third kappa shape index (κ3) is 4.29. The molecule has 0 bridgehead atoms. The smallest absolute Gasteiger partial charge is 0.124 e. The van der Waals surface area contributed by atoms with Gasteiger partial charge in [-0.1, -0.05) is 32.9 Å². The van der Waals surface area contributed by atoms with E-state index in [-0.39, 0.29) is 0 Å². The van der Waals surface area contributed by atoms with E-state index < -0.39 is 0 Å². The molecule has 0 amide bonds. The average molecular weight is 304 g/mol. The first-order chi connectivity index (χ1) is 10.1. The van der Waals surface area contributed by atoms with Crippen LogP contribution in [0.15, 0.2) is 24.3 Å². The van der Waals surface area contributed by atoms with Crippen LogP contribution < -0.4 is 10.1 Å². The Morgan fingerprint density at radius 3 is 2.76 bits per heavy atom. The molecule has 114 valence electrons. The van der Waals surface area contributed by atoms with Gasteiger partial charge in [-0.15, -0.1) is 11.3 Å². The Hall–Kier alpha value is -1.39. The molecule has 1 heterocycles. The van der Waals surface area contributed by atoms with Gasteiger partial charge in [0, 0.05) is 23.0 Å². The van der Waals surface area contributed by atoms with E-state index in [2.05, 4.69) is 38.2 Å². The molecule has 0 aliphatic rings. The van der Waals surface area contributed by atoms with E-state index in [0.717, 1.165) is 29.3 Å². The van der Waals surface area contributed by atoms with Gasteiger partial charge in [0.05, 0.1) is 12.3 Å². The van der Waals surface area contributed by atoms with Crippen molar-refractivity contribution in [2.45, 2.75) is 46.7 Å². The number of nitrogens with one attached hydrogen (secondary N) is 1. The molecule has 0 aliphatic carbocycles. The van der Waals surface area contributed by atoms with Crippen molar-refractivity contribution in [1.82, 2.24) is 10.3 Å². The van der Waals surface area contributed by atoms with Crippen LogP contribution in [-0.4, -0.2) is 17.6 Å². The molecular weight excluding hydrogens is 280 g/mol. The molecule has 3 nitrogen and oxygen atoms in total. The molecule has 0 fully saturated rings. The predicted molar refractivity (Wildman–Crippen MR) is 90.1 cm³/mol. The van der Waals surface area contributed by atoms with Crippen LogP contribution in [0.25, 0.3) is 10.6 Å². The highest BCUT2D eigenvalue weighted by atomic mass is 32.1. The lowest BCUT2D eigenvalue weighted by Gasteiger charge is -2.06. The summed E-state index contributed by atoms with van der Waals surface area (Å²) in [5, 5.41) is 4.56. The van der Waals surface area contributed by atoms with Crippen molar-refractivity contribution in [3.05, 3.63) is 34.8 Å². The summed E-state index contributed by atoms with van der Waals surface area (Å²) in [6, 6.07) is 8.67. The molecule has 2 rings (SSSR count). The normalized spacial score (nSPS) is 11.1. The Kier molecular flexibility index (Phi) is 5.76. The lowest BCUT2D eigenvalue weighted by Crippen LogP contribution is -2.21. The van der Waals surface area contributed by atoms with Gasteiger partial charge in [-0.2, -0.15) is 0 Å². The standard InChI is InChI=1S/C17H24N2OS/c1-5-15-16(11-18-12(3)4)21-17(19-15)13-8-7-9-14(10-13)20-6-2/h7-10,12,18H,5-6,11H2,1-4H3. The summed E-state index contributed by atoms with van der Waals surface area (Å²) >= 11 is 1.78. The molecule has 1 aromatic carbocycles. The summed E-state index contributed by atoms with van der Waals surface area (Å²) < 4.78 is 5.57. The molecule has 2 aromatic rings. The highest BCUT2D eigenvalue weighted by Crippen LogP contribution is 2.30. The number of aromatic nitrogens is 1. The molecule has 0 aliphatic heterocycles. The fourth-order valence-electron chi connectivity index (χ4n) is 2.10. The number of rotatable bonds is 7. The van der Waals surface area contributed by atoms with E-state index >= 15 is 0 Å². The lowest BCUT2D eigenvalue weighted by atomic mass is 10.2. The second-order valence-corrected chi connectivity index (χ2v) is 6.32. The van der Waals surface area contributed by atoms with Gasteiger partial charge in [-0.3, -0.25) is 0 Å². The molecule has 0 radical (unpaired) electrons. The topological polar surface area (TPSA) is 34.1 Å². The van der Waals surface area contributed by atoms with Crippen molar-refractivity contribution in [1.29, 1.82) is 0 Å². The minimum atomic E-state index is 0.488. The van der Waals surface area contributed by atoms with Crippen LogP contribution in [0.5, 0.6) is 5.75 Å². The maximum absolute atomic E-state index is 5.57. The van der Waals surface area contributed by atoms with E-state index in [1.807, 2.05) is 19.1 Å². The van der Waals surface area contributed by atoms with Crippen molar-refractivity contribution in [2.24, 2.45) is 0 Å². The Morgan fingerprint density at radius 2 is 2.10 bits per heavy atom. The molecule has 0 saturated carbocycles. The maximum atomic E-state index is 5.57. The third-order valence-corrected chi connectivity index (χ3v) is 4.32. The van der Waals surface area contributed by atoms with E-state index in [1.54, 1.807) is 11.3 Å². The van der Waals surface area contributed by atoms with Gasteiger partial charge in [-0.05, 0) is 25.5 Å². The summed E-state index contributed by atoms with van der Waals surface area (Å²) in [6.45, 7) is 10.1. The summed E-state index contributed by atoms with van der Waals surface area (Å²) in [5.41, 5.74) is 2.33. The van der Waals surface area contributed by atoms with Crippen LogP contribution in [0.1, 0.15) is 38.3 Å². The number of ether oxygens (including phenoxy) is 1. The summed E-state index contributed by atoms with van der Waals surface area (Å²) in [4.78, 5) is 6.14. The van der Waals surface area contributed by atoms with Gasteiger partial charge in [0.15, 0.2) is 0 Å². The van der Waals surface area contributed by atoms with Crippen LogP contribution >= 0.6 is 11.3 Å². The highest BCUT2D eigenvalue weighted by Gasteiger charge is 2.12. The Balaban J connectivity index is 2.25. The first kappa shape index (κ1) is 16.0. The SMILES string of the molecule is CCOc1cccc(-c2nc(CC)c(CNC(C)C)s2)c1. The quantitative estimate of drug-likeness (QED) is 0.829. The Labute approximate surface area is 131 Å². The second kappa shape index (κ2) is 7.57. The first-order valence-electron chi connectivity index (χ1n) is 7.59. The van der Waals surface area contributed by atoms with Crippen molar-refractivity contribution >= 4 is 11.3 Å². The van der Waals surface area contributed by atoms with Gasteiger partial charge in [-0.25, -0.2) is 4.98 Å². The number of aryl methyl sites for hydroxylation is 1. The minimum absolute atomic E-state index is 0.488. The molecule has 0 unspecified atom stereocenters.